The predicted octanol–water partition coefficient (Wildman–Crippen LogP) is 4.50. The number of aryl methyl sites for hydroxylation is 1. The average molecular weight is 356 g/mol. The lowest BCUT2D eigenvalue weighted by molar-refractivity contribution is 0.0696. The molecule has 20 heavy (non-hydrogen) atoms. The summed E-state index contributed by atoms with van der Waals surface area (Å²) in [5.74, 6) is -0.613. The number of aromatic nitrogens is 1. The summed E-state index contributed by atoms with van der Waals surface area (Å²) in [5, 5.41) is 12.3. The number of nitrogens with one attached hydrogen (secondary N) is 1. The largest absolute Gasteiger partial charge is 0.478 e. The Balaban J connectivity index is 2.33. The van der Waals surface area contributed by atoms with Crippen LogP contribution >= 0.6 is 27.5 Å². The Morgan fingerprint density at radius 3 is 2.80 bits per heavy atom. The van der Waals surface area contributed by atoms with E-state index in [9.17, 15) is 4.79 Å². The Hall–Kier alpha value is -1.59. The molecule has 2 aromatic rings. The van der Waals surface area contributed by atoms with Crippen LogP contribution in [0.4, 0.5) is 11.5 Å². The molecule has 0 amide bonds. The number of carbonyl (C=O) groups is 1. The Labute approximate surface area is 129 Å². The van der Waals surface area contributed by atoms with E-state index in [0.29, 0.717) is 5.82 Å². The number of benzene rings is 1. The minimum Gasteiger partial charge on any atom is -0.478 e. The molecule has 0 saturated carbocycles. The Bertz CT molecular complexity index is 662. The average Bonchev–Trinajstić information content (AvgIpc) is 2.42. The standard InChI is InChI=1S/C14H12BrClN2O2/c1-2-8-5-10(15)3-4-12(8)18-13-11(16)6-9(7-17-13)14(19)20/h3-7H,2H2,1H3,(H,17,18)(H,19,20). The molecule has 0 aliphatic carbocycles. The maximum atomic E-state index is 10.8. The van der Waals surface area contributed by atoms with Crippen LogP contribution in [-0.2, 0) is 6.42 Å². The maximum Gasteiger partial charge on any atom is 0.337 e. The van der Waals surface area contributed by atoms with E-state index < -0.39 is 5.97 Å². The molecule has 0 bridgehead atoms. The summed E-state index contributed by atoms with van der Waals surface area (Å²) in [5.41, 5.74) is 2.07. The maximum absolute atomic E-state index is 10.8. The van der Waals surface area contributed by atoms with Gasteiger partial charge in [0, 0.05) is 16.4 Å². The van der Waals surface area contributed by atoms with Crippen molar-refractivity contribution < 1.29 is 9.90 Å². The highest BCUT2D eigenvalue weighted by molar-refractivity contribution is 9.10. The number of pyridine rings is 1. The van der Waals surface area contributed by atoms with Gasteiger partial charge >= 0.3 is 5.97 Å². The zero-order chi connectivity index (χ0) is 14.7. The lowest BCUT2D eigenvalue weighted by Crippen LogP contribution is -2.02. The van der Waals surface area contributed by atoms with Crippen molar-refractivity contribution in [2.45, 2.75) is 13.3 Å². The highest BCUT2D eigenvalue weighted by Gasteiger charge is 2.10. The van der Waals surface area contributed by atoms with Crippen LogP contribution in [0.1, 0.15) is 22.8 Å². The number of carboxylic acid groups (broad SMARTS) is 1. The first-order chi connectivity index (χ1) is 9.51. The minimum atomic E-state index is -1.05. The third kappa shape index (κ3) is 3.29. The third-order valence-corrected chi connectivity index (χ3v) is 3.57. The summed E-state index contributed by atoms with van der Waals surface area (Å²) in [6.45, 7) is 2.05. The molecule has 4 nitrogen and oxygen atoms in total. The molecule has 104 valence electrons. The second-order valence-corrected chi connectivity index (χ2v) is 5.46. The van der Waals surface area contributed by atoms with Crippen LogP contribution in [0.3, 0.4) is 0 Å². The molecular weight excluding hydrogens is 344 g/mol. The monoisotopic (exact) mass is 354 g/mol. The van der Waals surface area contributed by atoms with Crippen molar-refractivity contribution in [3.8, 4) is 0 Å². The summed E-state index contributed by atoms with van der Waals surface area (Å²) in [7, 11) is 0. The number of hydrogen-bond acceptors (Lipinski definition) is 3. The van der Waals surface area contributed by atoms with E-state index in [2.05, 4.69) is 33.2 Å². The van der Waals surface area contributed by atoms with E-state index in [1.807, 2.05) is 18.2 Å². The second kappa shape index (κ2) is 6.24. The lowest BCUT2D eigenvalue weighted by Gasteiger charge is -2.12. The Kier molecular flexibility index (Phi) is 4.62. The highest BCUT2D eigenvalue weighted by Crippen LogP contribution is 2.28. The van der Waals surface area contributed by atoms with Gasteiger partial charge in [0.25, 0.3) is 0 Å². The summed E-state index contributed by atoms with van der Waals surface area (Å²) in [6, 6.07) is 7.23. The fraction of sp³-hybridized carbons (Fsp3) is 0.143. The van der Waals surface area contributed by atoms with E-state index >= 15 is 0 Å². The zero-order valence-electron chi connectivity index (χ0n) is 10.7. The molecule has 0 unspecified atom stereocenters. The Morgan fingerprint density at radius 1 is 1.45 bits per heavy atom. The van der Waals surface area contributed by atoms with E-state index in [1.165, 1.54) is 12.3 Å². The molecule has 2 rings (SSSR count). The SMILES string of the molecule is CCc1cc(Br)ccc1Nc1ncc(C(=O)O)cc1Cl. The lowest BCUT2D eigenvalue weighted by atomic mass is 10.1. The highest BCUT2D eigenvalue weighted by atomic mass is 79.9. The molecular formula is C14H12BrClN2O2. The van der Waals surface area contributed by atoms with Crippen molar-refractivity contribution in [3.63, 3.8) is 0 Å². The van der Waals surface area contributed by atoms with Crippen molar-refractivity contribution in [2.75, 3.05) is 5.32 Å². The van der Waals surface area contributed by atoms with E-state index in [0.717, 1.165) is 22.1 Å². The number of halogens is 2. The molecule has 0 aliphatic heterocycles. The molecule has 0 fully saturated rings. The van der Waals surface area contributed by atoms with Crippen molar-refractivity contribution in [3.05, 3.63) is 51.1 Å². The van der Waals surface area contributed by atoms with Gasteiger partial charge in [-0.3, -0.25) is 0 Å². The Morgan fingerprint density at radius 2 is 2.20 bits per heavy atom. The molecule has 1 heterocycles. The van der Waals surface area contributed by atoms with Gasteiger partial charge in [-0.2, -0.15) is 0 Å². The molecule has 0 saturated heterocycles. The first kappa shape index (κ1) is 14.8. The van der Waals surface area contributed by atoms with Gasteiger partial charge in [0.2, 0.25) is 0 Å². The first-order valence-corrected chi connectivity index (χ1v) is 7.12. The molecule has 1 aromatic carbocycles. The molecule has 0 aliphatic rings. The fourth-order valence-corrected chi connectivity index (χ4v) is 2.37. The molecule has 2 N–H and O–H groups in total. The second-order valence-electron chi connectivity index (χ2n) is 4.14. The van der Waals surface area contributed by atoms with Crippen molar-refractivity contribution >= 4 is 45.0 Å². The predicted molar refractivity (Wildman–Crippen MR) is 83.0 cm³/mol. The van der Waals surface area contributed by atoms with Crippen molar-refractivity contribution in [1.29, 1.82) is 0 Å². The number of nitrogens with zero attached hydrogens (tertiary/aromatic N) is 1. The van der Waals surface area contributed by atoms with Crippen LogP contribution < -0.4 is 5.32 Å². The normalized spacial score (nSPS) is 10.3. The van der Waals surface area contributed by atoms with E-state index in [-0.39, 0.29) is 10.6 Å². The van der Waals surface area contributed by atoms with Gasteiger partial charge < -0.3 is 10.4 Å². The van der Waals surface area contributed by atoms with Crippen LogP contribution in [0.15, 0.2) is 34.9 Å². The number of anilines is 2. The smallest absolute Gasteiger partial charge is 0.337 e. The van der Waals surface area contributed by atoms with E-state index in [1.54, 1.807) is 0 Å². The third-order valence-electron chi connectivity index (χ3n) is 2.79. The van der Waals surface area contributed by atoms with Gasteiger partial charge in [0.1, 0.15) is 5.82 Å². The summed E-state index contributed by atoms with van der Waals surface area (Å²) < 4.78 is 1.00. The zero-order valence-corrected chi connectivity index (χ0v) is 13.0. The van der Waals surface area contributed by atoms with Crippen molar-refractivity contribution in [2.24, 2.45) is 0 Å². The van der Waals surface area contributed by atoms with Gasteiger partial charge in [0.15, 0.2) is 0 Å². The molecule has 1 aromatic heterocycles. The van der Waals surface area contributed by atoms with Crippen LogP contribution in [0, 0.1) is 0 Å². The minimum absolute atomic E-state index is 0.0621. The van der Waals surface area contributed by atoms with Gasteiger partial charge in [-0.1, -0.05) is 34.5 Å². The fourth-order valence-electron chi connectivity index (χ4n) is 1.75. The number of carboxylic acids is 1. The van der Waals surface area contributed by atoms with Crippen LogP contribution in [0.25, 0.3) is 0 Å². The van der Waals surface area contributed by atoms with Crippen LogP contribution in [-0.4, -0.2) is 16.1 Å². The summed E-state index contributed by atoms with van der Waals surface area (Å²) in [6.07, 6.45) is 2.13. The summed E-state index contributed by atoms with van der Waals surface area (Å²) >= 11 is 9.48. The molecule has 0 spiro atoms. The van der Waals surface area contributed by atoms with Gasteiger partial charge in [0.05, 0.1) is 10.6 Å². The van der Waals surface area contributed by atoms with Crippen LogP contribution in [0.5, 0.6) is 0 Å². The van der Waals surface area contributed by atoms with Gasteiger partial charge in [-0.15, -0.1) is 0 Å². The van der Waals surface area contributed by atoms with Crippen molar-refractivity contribution in [1.82, 2.24) is 4.98 Å². The quantitative estimate of drug-likeness (QED) is 0.847. The molecule has 6 heteroatoms. The molecule has 0 radical (unpaired) electrons. The number of aromatic carboxylic acids is 1. The van der Waals surface area contributed by atoms with Gasteiger partial charge in [-0.25, -0.2) is 9.78 Å². The van der Waals surface area contributed by atoms with E-state index in [4.69, 9.17) is 16.7 Å². The summed E-state index contributed by atoms with van der Waals surface area (Å²) in [4.78, 5) is 14.9. The first-order valence-electron chi connectivity index (χ1n) is 5.95. The number of hydrogen-bond donors (Lipinski definition) is 2. The topological polar surface area (TPSA) is 62.2 Å². The molecule has 0 atom stereocenters. The van der Waals surface area contributed by atoms with Gasteiger partial charge in [-0.05, 0) is 36.2 Å². The van der Waals surface area contributed by atoms with Crippen LogP contribution in [0.2, 0.25) is 5.02 Å². The number of rotatable bonds is 4.